The normalized spacial score (nSPS) is 23.6. The van der Waals surface area contributed by atoms with Crippen LogP contribution in [0.4, 0.5) is 4.79 Å². The van der Waals surface area contributed by atoms with Crippen molar-refractivity contribution in [1.82, 2.24) is 30.6 Å². The van der Waals surface area contributed by atoms with Gasteiger partial charge in [0.15, 0.2) is 5.17 Å². The molecular weight excluding hydrogens is 898 g/mol. The number of hydrogen-bond donors (Lipinski definition) is 4. The van der Waals surface area contributed by atoms with Crippen molar-refractivity contribution in [2.45, 2.75) is 115 Å². The van der Waals surface area contributed by atoms with Crippen molar-refractivity contribution in [3.05, 3.63) is 71.9 Å². The van der Waals surface area contributed by atoms with Crippen LogP contribution in [-0.2, 0) is 29.4 Å². The number of alkyl carbamates (subject to hydrolysis) is 1. The zero-order valence-electron chi connectivity index (χ0n) is 37.2. The highest BCUT2D eigenvalue weighted by molar-refractivity contribution is 8.14. The Morgan fingerprint density at radius 3 is 2.42 bits per heavy atom. The maximum Gasteiger partial charge on any atom is 0.409 e. The first-order valence-corrected chi connectivity index (χ1v) is 24.4. The number of ether oxygens (including phenoxy) is 3. The number of halogens is 1. The first-order chi connectivity index (χ1) is 30.8. The molecule has 0 radical (unpaired) electrons. The molecule has 65 heavy (non-hydrogen) atoms. The van der Waals surface area contributed by atoms with Crippen LogP contribution in [-0.4, -0.2) is 103 Å². The van der Waals surface area contributed by atoms with Crippen LogP contribution >= 0.6 is 23.4 Å². The van der Waals surface area contributed by atoms with Gasteiger partial charge < -0.3 is 39.2 Å². The number of nitrogens with one attached hydrogen (secondary N) is 4. The zero-order chi connectivity index (χ0) is 46.8. The predicted molar refractivity (Wildman–Crippen MR) is 247 cm³/mol. The van der Waals surface area contributed by atoms with E-state index in [0.29, 0.717) is 33.8 Å². The van der Waals surface area contributed by atoms with Gasteiger partial charge in [-0.25, -0.2) is 14.5 Å². The monoisotopic (exact) mass is 953 g/mol. The quantitative estimate of drug-likeness (QED) is 0.129. The molecule has 4 amide bonds. The summed E-state index contributed by atoms with van der Waals surface area (Å²) in [5, 5.41) is 10.5. The average Bonchev–Trinajstić information content (AvgIpc) is 3.65. The van der Waals surface area contributed by atoms with Crippen LogP contribution in [0.1, 0.15) is 84.9 Å². The van der Waals surface area contributed by atoms with E-state index in [1.807, 2.05) is 18.6 Å². The van der Waals surface area contributed by atoms with E-state index < -0.39 is 69.2 Å². The number of pyridine rings is 1. The number of carbonyl (C=O) groups is 4. The van der Waals surface area contributed by atoms with Crippen molar-refractivity contribution < 1.29 is 46.0 Å². The SMILES string of the molecule is C=C[C@@H]1C[C@]1(NC(=O)[C@@H]1CC(Oc2cc(C3CSC(NC(C)C)=N3)nc3c(Cl)c(OC)ccc23)CN1C(=O)[C@@H](NC(=O)OC1CCCC1)C(C)(C)C)C(=O)NS(=O)(=O)Oc1ccccc1. The summed E-state index contributed by atoms with van der Waals surface area (Å²) in [6, 6.07) is 10.3. The van der Waals surface area contributed by atoms with E-state index in [1.165, 1.54) is 30.2 Å². The van der Waals surface area contributed by atoms with Gasteiger partial charge in [0.2, 0.25) is 11.8 Å². The highest BCUT2D eigenvalue weighted by atomic mass is 35.5. The van der Waals surface area contributed by atoms with Crippen molar-refractivity contribution in [2.75, 3.05) is 19.4 Å². The number of nitrogens with zero attached hydrogens (tertiary/aromatic N) is 3. The number of aromatic nitrogens is 1. The summed E-state index contributed by atoms with van der Waals surface area (Å²) in [7, 11) is -3.18. The Bertz CT molecular complexity index is 2460. The Labute approximate surface area is 388 Å². The van der Waals surface area contributed by atoms with E-state index in [1.54, 1.807) is 68.9 Å². The zero-order valence-corrected chi connectivity index (χ0v) is 39.6. The third kappa shape index (κ3) is 10.9. The topological polar surface area (TPSA) is 216 Å². The predicted octanol–water partition coefficient (Wildman–Crippen LogP) is 5.97. The van der Waals surface area contributed by atoms with Crippen LogP contribution in [0.25, 0.3) is 10.9 Å². The lowest BCUT2D eigenvalue weighted by Gasteiger charge is -2.35. The minimum Gasteiger partial charge on any atom is -0.495 e. The maximum atomic E-state index is 14.9. The number of rotatable bonds is 15. The van der Waals surface area contributed by atoms with Gasteiger partial charge in [0.25, 0.3) is 5.91 Å². The summed E-state index contributed by atoms with van der Waals surface area (Å²) in [4.78, 5) is 67.9. The number of carbonyl (C=O) groups excluding carboxylic acids is 4. The van der Waals surface area contributed by atoms with E-state index in [4.69, 9.17) is 40.0 Å². The molecule has 0 bridgehead atoms. The number of likely N-dealkylation sites (tertiary alicyclic amines) is 1. The second-order valence-electron chi connectivity index (χ2n) is 18.1. The van der Waals surface area contributed by atoms with Gasteiger partial charge in [0.05, 0.1) is 24.9 Å². The van der Waals surface area contributed by atoms with Gasteiger partial charge in [-0.3, -0.25) is 19.4 Å². The number of aliphatic imine (C=N–C) groups is 1. The van der Waals surface area contributed by atoms with Crippen molar-refractivity contribution in [3.63, 3.8) is 0 Å². The maximum absolute atomic E-state index is 14.9. The molecule has 2 aliphatic carbocycles. The number of benzene rings is 2. The smallest absolute Gasteiger partial charge is 0.409 e. The van der Waals surface area contributed by atoms with Crippen molar-refractivity contribution in [2.24, 2.45) is 16.3 Å². The van der Waals surface area contributed by atoms with Crippen LogP contribution in [0.15, 0.2) is 66.2 Å². The van der Waals surface area contributed by atoms with E-state index in [0.717, 1.165) is 30.9 Å². The summed E-state index contributed by atoms with van der Waals surface area (Å²) in [6.07, 6.45) is 2.89. The van der Waals surface area contributed by atoms with E-state index in [2.05, 4.69) is 22.5 Å². The van der Waals surface area contributed by atoms with Crippen LogP contribution in [0.3, 0.4) is 0 Å². The molecule has 4 N–H and O–H groups in total. The standard InChI is InChI=1S/C45H56ClN7O10S2/c1-8-26-22-45(26,41(56)52-65(58,59)63-28-16-10-9-11-17-28)51-39(54)33-20-29(23-53(33)40(55)38(44(4,5)6)50-43(57)62-27-14-12-13-15-27)61-35-21-31(32-24-64-42(49-32)47-25(2)3)48-37-30(35)18-19-34(60-7)36(37)46/h8-11,16-19,21,25-27,29,32-33,38H,1,12-15,20,22-24H2,2-7H3,(H,47,49)(H,50,57)(H,51,54)(H,52,56)/t26-,29?,32?,33+,38-,45-/m1/s1. The Hall–Kier alpha value is -5.27. The molecule has 1 aromatic heterocycles. The van der Waals surface area contributed by atoms with Crippen LogP contribution in [0.5, 0.6) is 17.2 Å². The highest BCUT2D eigenvalue weighted by Gasteiger charge is 2.62. The summed E-state index contributed by atoms with van der Waals surface area (Å²) in [6.45, 7) is 13.1. The van der Waals surface area contributed by atoms with Crippen molar-refractivity contribution in [3.8, 4) is 17.2 Å². The summed E-state index contributed by atoms with van der Waals surface area (Å²) in [5.41, 5.74) is -1.61. The molecule has 17 nitrogen and oxygen atoms in total. The van der Waals surface area contributed by atoms with Gasteiger partial charge in [0, 0.05) is 35.6 Å². The minimum atomic E-state index is -4.68. The van der Waals surface area contributed by atoms with Gasteiger partial charge >= 0.3 is 16.4 Å². The Kier molecular flexibility index (Phi) is 14.2. The molecule has 3 fully saturated rings. The number of thioether (sulfide) groups is 1. The summed E-state index contributed by atoms with van der Waals surface area (Å²) in [5.74, 6) is -1.68. The molecule has 6 atom stereocenters. The Balaban J connectivity index is 1.21. The highest BCUT2D eigenvalue weighted by Crippen LogP contribution is 2.46. The molecule has 7 rings (SSSR count). The lowest BCUT2D eigenvalue weighted by Crippen LogP contribution is -2.60. The number of fused-ring (bicyclic) bond motifs is 1. The number of amides is 4. The van der Waals surface area contributed by atoms with Gasteiger partial charge in [0.1, 0.15) is 58.1 Å². The number of hydrogen-bond acceptors (Lipinski definition) is 14. The van der Waals surface area contributed by atoms with Gasteiger partial charge in [-0.05, 0) is 75.6 Å². The Morgan fingerprint density at radius 2 is 1.77 bits per heavy atom. The third-order valence-corrected chi connectivity index (χ3v) is 14.0. The van der Waals surface area contributed by atoms with E-state index in [-0.39, 0.29) is 48.3 Å². The molecule has 350 valence electrons. The lowest BCUT2D eigenvalue weighted by atomic mass is 9.85. The molecule has 2 saturated carbocycles. The van der Waals surface area contributed by atoms with Gasteiger partial charge in [-0.1, -0.05) is 68.4 Å². The fourth-order valence-corrected chi connectivity index (χ4v) is 10.5. The molecule has 20 heteroatoms. The molecule has 3 aromatic rings. The van der Waals surface area contributed by atoms with Crippen molar-refractivity contribution in [1.29, 1.82) is 0 Å². The number of amidine groups is 1. The minimum absolute atomic E-state index is 0.0273. The molecule has 0 spiro atoms. The molecular formula is C45H56ClN7O10S2. The van der Waals surface area contributed by atoms with E-state index in [9.17, 15) is 27.6 Å². The Morgan fingerprint density at radius 1 is 1.05 bits per heavy atom. The van der Waals surface area contributed by atoms with Crippen LogP contribution in [0.2, 0.25) is 5.02 Å². The van der Waals surface area contributed by atoms with Crippen LogP contribution in [0, 0.1) is 11.3 Å². The molecule has 1 saturated heterocycles. The summed E-state index contributed by atoms with van der Waals surface area (Å²) >= 11 is 8.44. The fourth-order valence-electron chi connectivity index (χ4n) is 8.35. The van der Waals surface area contributed by atoms with Gasteiger partial charge in [-0.2, -0.15) is 8.42 Å². The summed E-state index contributed by atoms with van der Waals surface area (Å²) < 4.78 is 51.1. The number of methoxy groups -OCH3 is 1. The molecule has 3 heterocycles. The van der Waals surface area contributed by atoms with Gasteiger partial charge in [-0.15, -0.1) is 6.58 Å². The molecule has 2 aliphatic heterocycles. The molecule has 2 aromatic carbocycles. The van der Waals surface area contributed by atoms with Crippen molar-refractivity contribution >= 4 is 73.6 Å². The molecule has 4 aliphatic rings. The van der Waals surface area contributed by atoms with Crippen LogP contribution < -0.4 is 34.3 Å². The third-order valence-electron chi connectivity index (χ3n) is 11.8. The largest absolute Gasteiger partial charge is 0.495 e. The fraction of sp³-hybridized carbons (Fsp3) is 0.511. The second kappa shape index (κ2) is 19.3. The average molecular weight is 955 g/mol. The number of para-hydroxylation sites is 1. The lowest BCUT2D eigenvalue weighted by molar-refractivity contribution is -0.143. The first-order valence-electron chi connectivity index (χ1n) is 21.7. The molecule has 2 unspecified atom stereocenters. The second-order valence-corrected chi connectivity index (χ2v) is 20.8. The first kappa shape index (κ1) is 47.7. The van der Waals surface area contributed by atoms with E-state index >= 15 is 0 Å².